The molecule has 4 aromatic rings. The fourth-order valence-corrected chi connectivity index (χ4v) is 5.92. The van der Waals surface area contributed by atoms with Crippen molar-refractivity contribution in [3.8, 4) is 11.8 Å². The third-order valence-corrected chi connectivity index (χ3v) is 8.71. The van der Waals surface area contributed by atoms with Gasteiger partial charge in [0.2, 0.25) is 17.8 Å². The number of carboxylic acids is 1. The van der Waals surface area contributed by atoms with Crippen LogP contribution in [0.5, 0.6) is 0 Å². The lowest BCUT2D eigenvalue weighted by molar-refractivity contribution is -0.384. The third kappa shape index (κ3) is 7.94. The van der Waals surface area contributed by atoms with Crippen LogP contribution in [0.3, 0.4) is 0 Å². The number of benzene rings is 3. The molecule has 3 N–H and O–H groups in total. The molecule has 3 aromatic carbocycles. The van der Waals surface area contributed by atoms with Gasteiger partial charge in [0.1, 0.15) is 11.9 Å². The Hall–Kier alpha value is -6.90. The minimum Gasteiger partial charge on any atom is -0.475 e. The highest BCUT2D eigenvalue weighted by Crippen LogP contribution is 2.30. The van der Waals surface area contributed by atoms with Crippen molar-refractivity contribution in [3.63, 3.8) is 0 Å². The lowest BCUT2D eigenvalue weighted by Crippen LogP contribution is -2.54. The van der Waals surface area contributed by atoms with Crippen molar-refractivity contribution in [1.82, 2.24) is 20.2 Å². The first kappa shape index (κ1) is 36.9. The van der Waals surface area contributed by atoms with Gasteiger partial charge < -0.3 is 15.3 Å². The largest absolute Gasteiger partial charge is 0.490 e. The maximum atomic E-state index is 13.1. The number of nitrogens with zero attached hydrogens (tertiary/aromatic N) is 5. The van der Waals surface area contributed by atoms with Crippen LogP contribution in [0, 0.1) is 27.9 Å². The molecule has 276 valence electrons. The second-order valence-electron chi connectivity index (χ2n) is 12.4. The molecule has 0 spiro atoms. The van der Waals surface area contributed by atoms with E-state index in [0.29, 0.717) is 43.4 Å². The molecular formula is C36H28F3N7O8. The smallest absolute Gasteiger partial charge is 0.475 e. The molecular weight excluding hydrogens is 715 g/mol. The topological polar surface area (TPSA) is 205 Å². The number of imide groups is 2. The van der Waals surface area contributed by atoms with Gasteiger partial charge in [-0.25, -0.2) is 9.78 Å². The van der Waals surface area contributed by atoms with Crippen molar-refractivity contribution in [2.24, 2.45) is 5.92 Å². The monoisotopic (exact) mass is 743 g/mol. The van der Waals surface area contributed by atoms with E-state index in [9.17, 15) is 42.5 Å². The zero-order chi connectivity index (χ0) is 38.7. The SMILES string of the molecule is O=C(O)C(F)(F)F.O=C1CCC(N2C(=O)c3ccc(C#CC4CN(c5nc(NCCc6ccc([N+](=O)[O-])cc6)c6ccccc6n5)C4)cc3C2=O)C(=O)N1. The number of halogens is 3. The number of aromatic nitrogens is 2. The predicted molar refractivity (Wildman–Crippen MR) is 184 cm³/mol. The molecule has 0 aliphatic carbocycles. The molecule has 2 fully saturated rings. The van der Waals surface area contributed by atoms with Gasteiger partial charge in [0.25, 0.3) is 17.5 Å². The van der Waals surface area contributed by atoms with Crippen molar-refractivity contribution >= 4 is 58.0 Å². The van der Waals surface area contributed by atoms with Gasteiger partial charge >= 0.3 is 12.1 Å². The maximum absolute atomic E-state index is 13.1. The van der Waals surface area contributed by atoms with Crippen molar-refractivity contribution in [2.45, 2.75) is 31.5 Å². The van der Waals surface area contributed by atoms with Crippen molar-refractivity contribution in [2.75, 3.05) is 29.9 Å². The van der Waals surface area contributed by atoms with Crippen LogP contribution < -0.4 is 15.5 Å². The second-order valence-corrected chi connectivity index (χ2v) is 12.4. The number of piperidine rings is 1. The number of alkyl halides is 3. The normalized spacial score (nSPS) is 16.8. The van der Waals surface area contributed by atoms with Gasteiger partial charge in [-0.2, -0.15) is 18.2 Å². The summed E-state index contributed by atoms with van der Waals surface area (Å²) in [5.41, 5.74) is 2.81. The number of fused-ring (bicyclic) bond motifs is 2. The van der Waals surface area contributed by atoms with E-state index in [0.717, 1.165) is 21.4 Å². The number of amides is 4. The molecule has 0 radical (unpaired) electrons. The summed E-state index contributed by atoms with van der Waals surface area (Å²) in [6, 6.07) is 18.0. The van der Waals surface area contributed by atoms with Crippen LogP contribution in [0.1, 0.15) is 44.7 Å². The standard InChI is InChI=1S/C34H27N7O6.C2HF3O2/c42-29-14-13-28(31(43)37-29)40-32(44)24-12-9-21(17-26(24)33(40)45)5-6-22-18-39(19-22)34-36-27-4-2-1-3-25(27)30(38-34)35-16-15-20-7-10-23(11-8-20)41(46)47;3-2(4,5)1(6)7/h1-4,7-12,17,22,28H,13-16,18-19H2,(H,35,36,38)(H,37,42,43);(H,6,7). The van der Waals surface area contributed by atoms with E-state index in [4.69, 9.17) is 19.9 Å². The Kier molecular flexibility index (Phi) is 10.2. The number of carbonyl (C=O) groups excluding carboxylic acids is 4. The van der Waals surface area contributed by atoms with E-state index in [1.165, 1.54) is 12.1 Å². The van der Waals surface area contributed by atoms with Crippen LogP contribution in [0.15, 0.2) is 66.7 Å². The Morgan fingerprint density at radius 2 is 1.69 bits per heavy atom. The third-order valence-electron chi connectivity index (χ3n) is 8.71. The zero-order valence-corrected chi connectivity index (χ0v) is 27.9. The lowest BCUT2D eigenvalue weighted by Gasteiger charge is -2.36. The summed E-state index contributed by atoms with van der Waals surface area (Å²) in [5.74, 6) is 2.72. The average molecular weight is 744 g/mol. The summed E-state index contributed by atoms with van der Waals surface area (Å²) in [4.78, 5) is 81.9. The second kappa shape index (κ2) is 15.0. The Labute approximate surface area is 303 Å². The number of para-hydroxylation sites is 1. The molecule has 7 rings (SSSR count). The van der Waals surface area contributed by atoms with Gasteiger partial charge in [-0.05, 0) is 48.7 Å². The predicted octanol–water partition coefficient (Wildman–Crippen LogP) is 3.72. The molecule has 4 amide bonds. The van der Waals surface area contributed by atoms with E-state index in [2.05, 4.69) is 22.5 Å². The number of nitrogens with one attached hydrogen (secondary N) is 2. The Morgan fingerprint density at radius 1 is 1.00 bits per heavy atom. The molecule has 0 bridgehead atoms. The molecule has 4 heterocycles. The summed E-state index contributed by atoms with van der Waals surface area (Å²) < 4.78 is 31.7. The number of hydrogen-bond donors (Lipinski definition) is 3. The van der Waals surface area contributed by atoms with Crippen LogP contribution in [0.2, 0.25) is 0 Å². The highest BCUT2D eigenvalue weighted by Gasteiger charge is 2.44. The minimum atomic E-state index is -5.08. The van der Waals surface area contributed by atoms with E-state index in [-0.39, 0.29) is 35.6 Å². The number of aliphatic carboxylic acids is 1. The molecule has 1 aromatic heterocycles. The van der Waals surface area contributed by atoms with E-state index >= 15 is 0 Å². The molecule has 15 nitrogen and oxygen atoms in total. The van der Waals surface area contributed by atoms with Gasteiger partial charge in [0, 0.05) is 49.1 Å². The molecule has 18 heteroatoms. The number of carbonyl (C=O) groups is 5. The first-order valence-electron chi connectivity index (χ1n) is 16.4. The summed E-state index contributed by atoms with van der Waals surface area (Å²) in [6.45, 7) is 1.80. The number of rotatable bonds is 7. The molecule has 2 saturated heterocycles. The first-order chi connectivity index (χ1) is 25.7. The molecule has 54 heavy (non-hydrogen) atoms. The quantitative estimate of drug-likeness (QED) is 0.107. The fourth-order valence-electron chi connectivity index (χ4n) is 5.92. The number of hydrogen-bond acceptors (Lipinski definition) is 11. The van der Waals surface area contributed by atoms with Crippen molar-refractivity contribution in [1.29, 1.82) is 0 Å². The van der Waals surface area contributed by atoms with Crippen LogP contribution in [-0.2, 0) is 20.8 Å². The maximum Gasteiger partial charge on any atom is 0.490 e. The number of non-ortho nitro benzene ring substituents is 1. The molecule has 1 atom stereocenters. The number of anilines is 2. The van der Waals surface area contributed by atoms with Crippen LogP contribution >= 0.6 is 0 Å². The summed E-state index contributed by atoms with van der Waals surface area (Å²) in [7, 11) is 0. The van der Waals surface area contributed by atoms with Crippen LogP contribution in [0.4, 0.5) is 30.6 Å². The highest BCUT2D eigenvalue weighted by molar-refractivity contribution is 6.23. The Balaban J connectivity index is 0.000000649. The minimum absolute atomic E-state index is 0.0363. The highest BCUT2D eigenvalue weighted by atomic mass is 19.4. The molecule has 0 saturated carbocycles. The van der Waals surface area contributed by atoms with Gasteiger partial charge in [0.05, 0.1) is 27.5 Å². The zero-order valence-electron chi connectivity index (χ0n) is 27.9. The molecule has 1 unspecified atom stereocenters. The first-order valence-corrected chi connectivity index (χ1v) is 16.4. The van der Waals surface area contributed by atoms with Crippen molar-refractivity contribution in [3.05, 3.63) is 99.1 Å². The summed E-state index contributed by atoms with van der Waals surface area (Å²) >= 11 is 0. The van der Waals surface area contributed by atoms with E-state index in [1.54, 1.807) is 30.3 Å². The van der Waals surface area contributed by atoms with Gasteiger partial charge in [-0.15, -0.1) is 0 Å². The van der Waals surface area contributed by atoms with E-state index in [1.807, 2.05) is 29.2 Å². The van der Waals surface area contributed by atoms with Gasteiger partial charge in [-0.1, -0.05) is 36.1 Å². The fraction of sp³-hybridized carbons (Fsp3) is 0.250. The number of nitro benzene ring substituents is 1. The Bertz CT molecular complexity index is 2260. The van der Waals surface area contributed by atoms with Crippen LogP contribution in [-0.4, -0.2) is 86.3 Å². The van der Waals surface area contributed by atoms with Crippen LogP contribution in [0.25, 0.3) is 10.9 Å². The summed E-state index contributed by atoms with van der Waals surface area (Å²) in [5, 5.41) is 24.5. The van der Waals surface area contributed by atoms with Gasteiger partial charge in [0.15, 0.2) is 0 Å². The number of nitro groups is 1. The summed E-state index contributed by atoms with van der Waals surface area (Å²) in [6.07, 6.45) is -4.27. The lowest BCUT2D eigenvalue weighted by atomic mass is 10.00. The molecule has 3 aliphatic heterocycles. The van der Waals surface area contributed by atoms with Gasteiger partial charge in [-0.3, -0.25) is 39.5 Å². The van der Waals surface area contributed by atoms with Crippen molar-refractivity contribution < 1.29 is 47.2 Å². The number of carboxylic acid groups (broad SMARTS) is 1. The Morgan fingerprint density at radius 3 is 2.35 bits per heavy atom. The molecule has 3 aliphatic rings. The average Bonchev–Trinajstić information content (AvgIpc) is 3.35. The van der Waals surface area contributed by atoms with E-state index < -0.39 is 46.7 Å².